The van der Waals surface area contributed by atoms with Crippen molar-refractivity contribution in [2.45, 2.75) is 12.8 Å². The Balaban J connectivity index is 3.43. The Morgan fingerprint density at radius 3 is 2.62 bits per heavy atom. The van der Waals surface area contributed by atoms with Crippen LogP contribution in [0.1, 0.15) is 23.2 Å². The molecule has 0 amide bonds. The van der Waals surface area contributed by atoms with E-state index in [1.54, 1.807) is 12.1 Å². The van der Waals surface area contributed by atoms with Crippen molar-refractivity contribution in [2.24, 2.45) is 0 Å². The fourth-order valence-corrected chi connectivity index (χ4v) is 1.26. The summed E-state index contributed by atoms with van der Waals surface area (Å²) in [6.07, 6.45) is -3.01. The van der Waals surface area contributed by atoms with Gasteiger partial charge in [0.25, 0.3) is 6.43 Å². The van der Waals surface area contributed by atoms with Crippen LogP contribution in [0, 0.1) is 22.7 Å². The second-order valence-electron chi connectivity index (χ2n) is 2.84. The lowest BCUT2D eigenvalue weighted by Gasteiger charge is -2.10. The third kappa shape index (κ3) is 2.23. The van der Waals surface area contributed by atoms with Gasteiger partial charge in [-0.1, -0.05) is 0 Å². The highest BCUT2D eigenvalue weighted by atomic mass is 19.3. The Kier molecular flexibility index (Phi) is 3.73. The van der Waals surface area contributed by atoms with Gasteiger partial charge in [0, 0.05) is 0 Å². The van der Waals surface area contributed by atoms with Crippen LogP contribution in [0.25, 0.3) is 0 Å². The summed E-state index contributed by atoms with van der Waals surface area (Å²) in [6, 6.07) is 4.65. The Morgan fingerprint density at radius 1 is 1.50 bits per heavy atom. The van der Waals surface area contributed by atoms with E-state index in [0.29, 0.717) is 0 Å². The Hall–Kier alpha value is -2.21. The maximum atomic E-state index is 12.7. The molecule has 0 bridgehead atoms. The molecular weight excluding hydrogens is 216 g/mol. The standard InChI is InChI=1S/C10H7F2N3O/c1-16-10-8(9(11)12)6(2-3-13)4-7(5-14)15-10/h4,9H,2H2,1H3. The number of pyridine rings is 1. The first-order chi connectivity index (χ1) is 7.63. The molecule has 0 aromatic carbocycles. The molecular formula is C10H7F2N3O. The average Bonchev–Trinajstić information content (AvgIpc) is 2.27. The molecule has 0 aliphatic rings. The summed E-state index contributed by atoms with van der Waals surface area (Å²) in [4.78, 5) is 3.60. The predicted molar refractivity (Wildman–Crippen MR) is 49.8 cm³/mol. The lowest BCUT2D eigenvalue weighted by atomic mass is 10.1. The smallest absolute Gasteiger partial charge is 0.269 e. The molecule has 0 fully saturated rings. The van der Waals surface area contributed by atoms with Crippen molar-refractivity contribution in [3.05, 3.63) is 22.9 Å². The number of halogens is 2. The molecule has 16 heavy (non-hydrogen) atoms. The van der Waals surface area contributed by atoms with Gasteiger partial charge < -0.3 is 4.74 Å². The fourth-order valence-electron chi connectivity index (χ4n) is 1.26. The number of methoxy groups -OCH3 is 1. The minimum atomic E-state index is -2.79. The van der Waals surface area contributed by atoms with E-state index in [-0.39, 0.29) is 23.6 Å². The highest BCUT2D eigenvalue weighted by molar-refractivity contribution is 5.42. The molecule has 0 radical (unpaired) electrons. The zero-order chi connectivity index (χ0) is 12.1. The molecule has 0 saturated carbocycles. The SMILES string of the molecule is COc1nc(C#N)cc(CC#N)c1C(F)F. The summed E-state index contributed by atoms with van der Waals surface area (Å²) in [5.74, 6) is -0.306. The molecule has 0 saturated heterocycles. The molecule has 4 nitrogen and oxygen atoms in total. The van der Waals surface area contributed by atoms with E-state index in [0.717, 1.165) is 0 Å². The number of nitriles is 2. The minimum absolute atomic E-state index is 0.0495. The van der Waals surface area contributed by atoms with Gasteiger partial charge in [0.1, 0.15) is 11.8 Å². The van der Waals surface area contributed by atoms with E-state index in [1.165, 1.54) is 13.2 Å². The summed E-state index contributed by atoms with van der Waals surface area (Å²) in [5, 5.41) is 17.2. The molecule has 82 valence electrons. The van der Waals surface area contributed by atoms with Gasteiger partial charge in [0.2, 0.25) is 5.88 Å². The summed E-state index contributed by atoms with van der Waals surface area (Å²) in [6.45, 7) is 0. The third-order valence-corrected chi connectivity index (χ3v) is 1.90. The molecule has 0 N–H and O–H groups in total. The average molecular weight is 223 g/mol. The Bertz CT molecular complexity index is 474. The topological polar surface area (TPSA) is 69.7 Å². The van der Waals surface area contributed by atoms with Gasteiger partial charge in [0.15, 0.2) is 0 Å². The van der Waals surface area contributed by atoms with Gasteiger partial charge in [-0.25, -0.2) is 13.8 Å². The van der Waals surface area contributed by atoms with Crippen molar-refractivity contribution in [3.63, 3.8) is 0 Å². The Morgan fingerprint density at radius 2 is 2.19 bits per heavy atom. The normalized spacial score (nSPS) is 9.62. The lowest BCUT2D eigenvalue weighted by molar-refractivity contribution is 0.145. The van der Waals surface area contributed by atoms with Gasteiger partial charge in [-0.3, -0.25) is 0 Å². The largest absolute Gasteiger partial charge is 0.481 e. The highest BCUT2D eigenvalue weighted by Crippen LogP contribution is 2.31. The van der Waals surface area contributed by atoms with E-state index in [9.17, 15) is 8.78 Å². The molecule has 1 rings (SSSR count). The van der Waals surface area contributed by atoms with E-state index in [4.69, 9.17) is 10.5 Å². The van der Waals surface area contributed by atoms with Gasteiger partial charge in [-0.2, -0.15) is 10.5 Å². The summed E-state index contributed by atoms with van der Waals surface area (Å²) in [5.41, 5.74) is -0.407. The number of aromatic nitrogens is 1. The first kappa shape index (κ1) is 11.9. The van der Waals surface area contributed by atoms with Crippen molar-refractivity contribution in [1.29, 1.82) is 10.5 Å². The fraction of sp³-hybridized carbons (Fsp3) is 0.300. The predicted octanol–water partition coefficient (Wildman–Crippen LogP) is 1.97. The quantitative estimate of drug-likeness (QED) is 0.785. The van der Waals surface area contributed by atoms with Crippen LogP contribution in [0.4, 0.5) is 8.78 Å². The second-order valence-corrected chi connectivity index (χ2v) is 2.84. The molecule has 1 heterocycles. The monoisotopic (exact) mass is 223 g/mol. The minimum Gasteiger partial charge on any atom is -0.481 e. The van der Waals surface area contributed by atoms with Crippen LogP contribution in [0.2, 0.25) is 0 Å². The maximum Gasteiger partial charge on any atom is 0.269 e. The van der Waals surface area contributed by atoms with Crippen LogP contribution in [0.5, 0.6) is 5.88 Å². The lowest BCUT2D eigenvalue weighted by Crippen LogP contribution is -2.03. The van der Waals surface area contributed by atoms with Crippen molar-refractivity contribution in [1.82, 2.24) is 4.98 Å². The van der Waals surface area contributed by atoms with Crippen LogP contribution >= 0.6 is 0 Å². The molecule has 0 aliphatic carbocycles. The van der Waals surface area contributed by atoms with Crippen molar-refractivity contribution >= 4 is 0 Å². The van der Waals surface area contributed by atoms with Crippen molar-refractivity contribution in [2.75, 3.05) is 7.11 Å². The zero-order valence-electron chi connectivity index (χ0n) is 8.37. The van der Waals surface area contributed by atoms with Crippen LogP contribution in [0.3, 0.4) is 0 Å². The van der Waals surface area contributed by atoms with Crippen LogP contribution < -0.4 is 4.74 Å². The number of alkyl halides is 2. The van der Waals surface area contributed by atoms with E-state index in [1.807, 2.05) is 0 Å². The summed E-state index contributed by atoms with van der Waals surface area (Å²) < 4.78 is 30.1. The van der Waals surface area contributed by atoms with Crippen molar-refractivity contribution < 1.29 is 13.5 Å². The van der Waals surface area contributed by atoms with E-state index in [2.05, 4.69) is 9.72 Å². The number of ether oxygens (including phenoxy) is 1. The molecule has 0 spiro atoms. The number of hydrogen-bond donors (Lipinski definition) is 0. The van der Waals surface area contributed by atoms with Crippen LogP contribution in [-0.2, 0) is 6.42 Å². The highest BCUT2D eigenvalue weighted by Gasteiger charge is 2.21. The van der Waals surface area contributed by atoms with Crippen LogP contribution in [-0.4, -0.2) is 12.1 Å². The Labute approximate surface area is 90.7 Å². The molecule has 6 heteroatoms. The zero-order valence-corrected chi connectivity index (χ0v) is 8.37. The molecule has 0 unspecified atom stereocenters. The molecule has 0 aliphatic heterocycles. The molecule has 1 aromatic heterocycles. The number of hydrogen-bond acceptors (Lipinski definition) is 4. The van der Waals surface area contributed by atoms with Crippen molar-refractivity contribution in [3.8, 4) is 18.0 Å². The molecule has 1 aromatic rings. The summed E-state index contributed by atoms with van der Waals surface area (Å²) >= 11 is 0. The van der Waals surface area contributed by atoms with E-state index < -0.39 is 12.0 Å². The van der Waals surface area contributed by atoms with Gasteiger partial charge in [-0.05, 0) is 11.6 Å². The molecule has 0 atom stereocenters. The first-order valence-electron chi connectivity index (χ1n) is 4.27. The first-order valence-corrected chi connectivity index (χ1v) is 4.27. The van der Waals surface area contributed by atoms with Crippen LogP contribution in [0.15, 0.2) is 6.07 Å². The van der Waals surface area contributed by atoms with Gasteiger partial charge >= 0.3 is 0 Å². The maximum absolute atomic E-state index is 12.7. The third-order valence-electron chi connectivity index (χ3n) is 1.90. The second kappa shape index (κ2) is 5.04. The number of rotatable bonds is 3. The van der Waals surface area contributed by atoms with E-state index >= 15 is 0 Å². The van der Waals surface area contributed by atoms with Gasteiger partial charge in [0.05, 0.1) is 25.2 Å². The number of nitrogens with zero attached hydrogens (tertiary/aromatic N) is 3. The summed E-state index contributed by atoms with van der Waals surface area (Å²) in [7, 11) is 1.19. The van der Waals surface area contributed by atoms with Gasteiger partial charge in [-0.15, -0.1) is 0 Å².